The Morgan fingerprint density at radius 3 is 2.80 bits per heavy atom. The van der Waals surface area contributed by atoms with Crippen LogP contribution in [0.3, 0.4) is 0 Å². The highest BCUT2D eigenvalue weighted by Crippen LogP contribution is 2.31. The Balaban J connectivity index is 2.26. The molecule has 2 rings (SSSR count). The van der Waals surface area contributed by atoms with Gasteiger partial charge in [-0.15, -0.1) is 11.8 Å². The van der Waals surface area contributed by atoms with Crippen molar-refractivity contribution in [2.24, 2.45) is 5.14 Å². The van der Waals surface area contributed by atoms with Crippen molar-refractivity contribution in [3.05, 3.63) is 18.2 Å². The lowest BCUT2D eigenvalue weighted by atomic mass is 10.2. The number of nitrogens with two attached hydrogens (primary N) is 1. The maximum absolute atomic E-state index is 12.1. The highest BCUT2D eigenvalue weighted by Gasteiger charge is 2.24. The van der Waals surface area contributed by atoms with E-state index in [-0.39, 0.29) is 16.1 Å². The summed E-state index contributed by atoms with van der Waals surface area (Å²) in [6, 6.07) is 4.12. The normalized spacial score (nSPS) is 18.8. The van der Waals surface area contributed by atoms with Gasteiger partial charge in [-0.25, -0.2) is 13.6 Å². The molecule has 110 valence electrons. The van der Waals surface area contributed by atoms with Gasteiger partial charge in [0.05, 0.1) is 22.9 Å². The Kier molecular flexibility index (Phi) is 4.56. The van der Waals surface area contributed by atoms with E-state index in [1.54, 1.807) is 11.8 Å². The van der Waals surface area contributed by atoms with Crippen LogP contribution in [-0.2, 0) is 14.8 Å². The third kappa shape index (κ3) is 3.44. The van der Waals surface area contributed by atoms with Gasteiger partial charge in [0.25, 0.3) is 0 Å². The number of amides is 1. The number of carbonyl (C=O) groups is 1. The van der Waals surface area contributed by atoms with E-state index < -0.39 is 10.0 Å². The smallest absolute Gasteiger partial charge is 0.238 e. The quantitative estimate of drug-likeness (QED) is 0.869. The third-order valence-electron chi connectivity index (χ3n) is 2.98. The fourth-order valence-corrected chi connectivity index (χ4v) is 3.66. The van der Waals surface area contributed by atoms with E-state index in [4.69, 9.17) is 9.88 Å². The molecule has 1 aromatic carbocycles. The first-order chi connectivity index (χ1) is 9.41. The molecule has 1 amide bonds. The maximum atomic E-state index is 12.1. The molecule has 0 saturated carbocycles. The molecule has 1 fully saturated rings. The van der Waals surface area contributed by atoms with Crippen molar-refractivity contribution >= 4 is 33.4 Å². The largest absolute Gasteiger partial charge is 0.495 e. The number of carbonyl (C=O) groups excluding carboxylic acids is 1. The lowest BCUT2D eigenvalue weighted by molar-refractivity contribution is -0.115. The number of sulfonamides is 1. The van der Waals surface area contributed by atoms with Gasteiger partial charge in [0.15, 0.2) is 0 Å². The zero-order chi connectivity index (χ0) is 14.8. The highest BCUT2D eigenvalue weighted by atomic mass is 32.2. The van der Waals surface area contributed by atoms with Crippen molar-refractivity contribution in [2.45, 2.75) is 23.0 Å². The van der Waals surface area contributed by atoms with Crippen LogP contribution in [0, 0.1) is 0 Å². The molecule has 0 aliphatic carbocycles. The molecule has 8 heteroatoms. The second-order valence-corrected chi connectivity index (χ2v) is 7.27. The highest BCUT2D eigenvalue weighted by molar-refractivity contribution is 8.00. The average Bonchev–Trinajstić information content (AvgIpc) is 2.91. The van der Waals surface area contributed by atoms with Crippen molar-refractivity contribution in [3.63, 3.8) is 0 Å². The molecule has 1 aliphatic heterocycles. The standard InChI is InChI=1S/C12H16N2O4S2/c1-18-10-5-4-8(20(13,16)17)7-9(10)14-12(15)11-3-2-6-19-11/h4-5,7,11H,2-3,6H2,1H3,(H,14,15)(H2,13,16,17). The van der Waals surface area contributed by atoms with Gasteiger partial charge in [-0.3, -0.25) is 4.79 Å². The van der Waals surface area contributed by atoms with Gasteiger partial charge in [0.1, 0.15) is 5.75 Å². The van der Waals surface area contributed by atoms with E-state index in [1.165, 1.54) is 25.3 Å². The number of nitrogens with one attached hydrogen (secondary N) is 1. The van der Waals surface area contributed by atoms with Crippen LogP contribution in [0.5, 0.6) is 5.75 Å². The summed E-state index contributed by atoms with van der Waals surface area (Å²) in [6.45, 7) is 0. The predicted octanol–water partition coefficient (Wildman–Crippen LogP) is 1.18. The molecule has 6 nitrogen and oxygen atoms in total. The van der Waals surface area contributed by atoms with Crippen LogP contribution in [-0.4, -0.2) is 32.4 Å². The topological polar surface area (TPSA) is 98.5 Å². The van der Waals surface area contributed by atoms with Crippen LogP contribution >= 0.6 is 11.8 Å². The van der Waals surface area contributed by atoms with Crippen LogP contribution in [0.15, 0.2) is 23.1 Å². The Morgan fingerprint density at radius 2 is 2.25 bits per heavy atom. The van der Waals surface area contributed by atoms with E-state index >= 15 is 0 Å². The van der Waals surface area contributed by atoms with Gasteiger partial charge in [-0.1, -0.05) is 0 Å². The molecule has 20 heavy (non-hydrogen) atoms. The van der Waals surface area contributed by atoms with Gasteiger partial charge in [0, 0.05) is 0 Å². The fraction of sp³-hybridized carbons (Fsp3) is 0.417. The minimum absolute atomic E-state index is 0.0623. The third-order valence-corrected chi connectivity index (χ3v) is 5.27. The van der Waals surface area contributed by atoms with Gasteiger partial charge in [0.2, 0.25) is 15.9 Å². The summed E-state index contributed by atoms with van der Waals surface area (Å²) >= 11 is 1.60. The van der Waals surface area contributed by atoms with Crippen LogP contribution in [0.1, 0.15) is 12.8 Å². The number of methoxy groups -OCH3 is 1. The first kappa shape index (κ1) is 15.1. The molecular formula is C12H16N2O4S2. The predicted molar refractivity (Wildman–Crippen MR) is 78.5 cm³/mol. The lowest BCUT2D eigenvalue weighted by Gasteiger charge is -2.14. The van der Waals surface area contributed by atoms with E-state index in [0.29, 0.717) is 11.4 Å². The van der Waals surface area contributed by atoms with Gasteiger partial charge in [-0.05, 0) is 36.8 Å². The summed E-state index contributed by atoms with van der Waals surface area (Å²) < 4.78 is 27.8. The number of benzene rings is 1. The minimum atomic E-state index is -3.82. The average molecular weight is 316 g/mol. The Labute approximate surface area is 122 Å². The summed E-state index contributed by atoms with van der Waals surface area (Å²) in [4.78, 5) is 12.0. The minimum Gasteiger partial charge on any atom is -0.495 e. The number of rotatable bonds is 4. The first-order valence-corrected chi connectivity index (χ1v) is 8.64. The zero-order valence-electron chi connectivity index (χ0n) is 11.0. The van der Waals surface area contributed by atoms with E-state index in [2.05, 4.69) is 5.32 Å². The van der Waals surface area contributed by atoms with E-state index in [1.807, 2.05) is 0 Å². The first-order valence-electron chi connectivity index (χ1n) is 6.05. The van der Waals surface area contributed by atoms with Gasteiger partial charge >= 0.3 is 0 Å². The number of hydrogen-bond donors (Lipinski definition) is 2. The van der Waals surface area contributed by atoms with Crippen molar-refractivity contribution in [3.8, 4) is 5.75 Å². The number of thioether (sulfide) groups is 1. The molecule has 0 bridgehead atoms. The van der Waals surface area contributed by atoms with E-state index in [0.717, 1.165) is 18.6 Å². The van der Waals surface area contributed by atoms with Crippen molar-refractivity contribution in [1.82, 2.24) is 0 Å². The summed E-state index contributed by atoms with van der Waals surface area (Å²) in [7, 11) is -2.37. The molecule has 0 spiro atoms. The van der Waals surface area contributed by atoms with Crippen LogP contribution < -0.4 is 15.2 Å². The van der Waals surface area contributed by atoms with Crippen LogP contribution in [0.2, 0.25) is 0 Å². The summed E-state index contributed by atoms with van der Waals surface area (Å²) in [5, 5.41) is 7.70. The second-order valence-electron chi connectivity index (χ2n) is 4.40. The molecule has 0 radical (unpaired) electrons. The molecule has 1 heterocycles. The summed E-state index contributed by atoms with van der Waals surface area (Å²) in [6.07, 6.45) is 1.84. The number of primary sulfonamides is 1. The molecule has 1 unspecified atom stereocenters. The Bertz CT molecular complexity index is 610. The van der Waals surface area contributed by atoms with Crippen LogP contribution in [0.4, 0.5) is 5.69 Å². The van der Waals surface area contributed by atoms with Crippen LogP contribution in [0.25, 0.3) is 0 Å². The Hall–Kier alpha value is -1.25. The zero-order valence-corrected chi connectivity index (χ0v) is 12.6. The SMILES string of the molecule is COc1ccc(S(N)(=O)=O)cc1NC(=O)C1CCCS1. The number of hydrogen-bond acceptors (Lipinski definition) is 5. The van der Waals surface area contributed by atoms with Crippen molar-refractivity contribution < 1.29 is 17.9 Å². The maximum Gasteiger partial charge on any atom is 0.238 e. The molecule has 3 N–H and O–H groups in total. The molecule has 0 aromatic heterocycles. The number of anilines is 1. The lowest BCUT2D eigenvalue weighted by Crippen LogP contribution is -2.23. The molecular weight excluding hydrogens is 300 g/mol. The van der Waals surface area contributed by atoms with E-state index in [9.17, 15) is 13.2 Å². The fourth-order valence-electron chi connectivity index (χ4n) is 1.96. The monoisotopic (exact) mass is 316 g/mol. The summed E-state index contributed by atoms with van der Waals surface area (Å²) in [5.74, 6) is 1.22. The number of ether oxygens (including phenoxy) is 1. The summed E-state index contributed by atoms with van der Waals surface area (Å²) in [5.41, 5.74) is 0.316. The molecule has 1 aromatic rings. The van der Waals surface area contributed by atoms with Gasteiger partial charge < -0.3 is 10.1 Å². The molecule has 1 saturated heterocycles. The Morgan fingerprint density at radius 1 is 1.50 bits per heavy atom. The second kappa shape index (κ2) is 6.02. The van der Waals surface area contributed by atoms with Crippen molar-refractivity contribution in [1.29, 1.82) is 0 Å². The van der Waals surface area contributed by atoms with Gasteiger partial charge in [-0.2, -0.15) is 0 Å². The molecule has 1 aliphatic rings. The molecule has 1 atom stereocenters. The van der Waals surface area contributed by atoms with Crippen molar-refractivity contribution in [2.75, 3.05) is 18.2 Å².